The normalized spacial score (nSPS) is 11.7. The number of hydrogen-bond donors (Lipinski definition) is 0. The van der Waals surface area contributed by atoms with Crippen LogP contribution in [0.5, 0.6) is 0 Å². The van der Waals surface area contributed by atoms with Crippen LogP contribution in [0.2, 0.25) is 0 Å². The number of carbonyl (C=O) groups is 3. The first kappa shape index (κ1) is 20.6. The van der Waals surface area contributed by atoms with Crippen LogP contribution in [0, 0.1) is 0 Å². The van der Waals surface area contributed by atoms with Crippen molar-refractivity contribution in [3.05, 3.63) is 35.4 Å². The predicted molar refractivity (Wildman–Crippen MR) is 98.7 cm³/mol. The molecule has 1 aromatic rings. The maximum absolute atomic E-state index is 11.7. The fraction of sp³-hybridized carbons (Fsp3) is 0.471. The van der Waals surface area contributed by atoms with Crippen LogP contribution in [0.1, 0.15) is 36.0 Å². The highest BCUT2D eigenvalue weighted by atomic mass is 32.2. The number of ether oxygens (including phenoxy) is 1. The second-order valence-electron chi connectivity index (χ2n) is 5.38. The lowest BCUT2D eigenvalue weighted by Crippen LogP contribution is -2.21. The number of nitrogens with zero attached hydrogens (tertiary/aromatic N) is 1. The molecule has 0 bridgehead atoms. The summed E-state index contributed by atoms with van der Waals surface area (Å²) in [5, 5.41) is 0.0248. The molecule has 0 aliphatic heterocycles. The topological polar surface area (TPSA) is 63.7 Å². The van der Waals surface area contributed by atoms with Gasteiger partial charge >= 0.3 is 5.97 Å². The van der Waals surface area contributed by atoms with E-state index in [0.29, 0.717) is 12.2 Å². The van der Waals surface area contributed by atoms with Crippen LogP contribution in [0.25, 0.3) is 0 Å². The molecular weight excluding hydrogens is 346 g/mol. The number of carbonyl (C=O) groups excluding carboxylic acids is 3. The molecule has 0 aliphatic rings. The van der Waals surface area contributed by atoms with Crippen LogP contribution in [-0.4, -0.2) is 41.7 Å². The minimum Gasteiger partial charge on any atom is -0.461 e. The van der Waals surface area contributed by atoms with Gasteiger partial charge in [0.2, 0.25) is 5.91 Å². The van der Waals surface area contributed by atoms with E-state index in [4.69, 9.17) is 4.74 Å². The van der Waals surface area contributed by atoms with Gasteiger partial charge in [0.15, 0.2) is 5.12 Å². The van der Waals surface area contributed by atoms with Gasteiger partial charge < -0.3 is 9.64 Å². The van der Waals surface area contributed by atoms with E-state index >= 15 is 0 Å². The van der Waals surface area contributed by atoms with Crippen molar-refractivity contribution >= 4 is 40.5 Å². The Hall–Kier alpha value is -1.47. The van der Waals surface area contributed by atoms with Crippen LogP contribution in [0.3, 0.4) is 0 Å². The van der Waals surface area contributed by atoms with Crippen LogP contribution < -0.4 is 0 Å². The molecule has 1 atom stereocenters. The van der Waals surface area contributed by atoms with Crippen molar-refractivity contribution in [3.63, 3.8) is 0 Å². The summed E-state index contributed by atoms with van der Waals surface area (Å²) in [7, 11) is 3.46. The van der Waals surface area contributed by atoms with E-state index in [-0.39, 0.29) is 28.2 Å². The standard InChI is InChI=1S/C17H23NO4S2/c1-12(19)22-11-14-6-5-7-15(10-14)17(24-13(2)20)23-9-8-16(21)18(3)4/h5-7,10,17H,8-9,11H2,1-4H3. The van der Waals surface area contributed by atoms with Crippen LogP contribution in [0.15, 0.2) is 24.3 Å². The Morgan fingerprint density at radius 2 is 1.92 bits per heavy atom. The molecule has 0 N–H and O–H groups in total. The van der Waals surface area contributed by atoms with E-state index in [1.165, 1.54) is 25.6 Å². The van der Waals surface area contributed by atoms with Gasteiger partial charge in [-0.05, 0) is 11.1 Å². The molecule has 1 rings (SSSR count). The predicted octanol–water partition coefficient (Wildman–Crippen LogP) is 3.24. The van der Waals surface area contributed by atoms with Crippen molar-refractivity contribution < 1.29 is 19.1 Å². The molecule has 0 radical (unpaired) electrons. The first-order chi connectivity index (χ1) is 11.3. The van der Waals surface area contributed by atoms with Gasteiger partial charge in [-0.3, -0.25) is 14.4 Å². The van der Waals surface area contributed by atoms with Gasteiger partial charge in [-0.25, -0.2) is 0 Å². The Kier molecular flexibility index (Phi) is 8.92. The highest BCUT2D eigenvalue weighted by molar-refractivity contribution is 8.24. The summed E-state index contributed by atoms with van der Waals surface area (Å²) in [4.78, 5) is 35.7. The maximum atomic E-state index is 11.7. The molecule has 0 saturated heterocycles. The van der Waals surface area contributed by atoms with Gasteiger partial charge in [-0.1, -0.05) is 36.0 Å². The van der Waals surface area contributed by atoms with Gasteiger partial charge in [0.05, 0.1) is 4.58 Å². The van der Waals surface area contributed by atoms with Crippen molar-refractivity contribution in [1.82, 2.24) is 4.90 Å². The van der Waals surface area contributed by atoms with E-state index in [1.54, 1.807) is 30.8 Å². The minimum atomic E-state index is -0.327. The minimum absolute atomic E-state index is 0.0248. The third kappa shape index (κ3) is 7.88. The van der Waals surface area contributed by atoms with Gasteiger partial charge in [0.25, 0.3) is 0 Å². The molecule has 1 aromatic carbocycles. The fourth-order valence-electron chi connectivity index (χ4n) is 1.84. The summed E-state index contributed by atoms with van der Waals surface area (Å²) >= 11 is 2.81. The van der Waals surface area contributed by atoms with Crippen LogP contribution >= 0.6 is 23.5 Å². The summed E-state index contributed by atoms with van der Waals surface area (Å²) in [5.74, 6) is 0.375. The lowest BCUT2D eigenvalue weighted by Gasteiger charge is -2.17. The number of amides is 1. The Bertz CT molecular complexity index is 590. The summed E-state index contributed by atoms with van der Waals surface area (Å²) < 4.78 is 4.92. The van der Waals surface area contributed by atoms with Gasteiger partial charge in [-0.2, -0.15) is 0 Å². The van der Waals surface area contributed by atoms with Crippen molar-refractivity contribution in [2.45, 2.75) is 31.5 Å². The van der Waals surface area contributed by atoms with Crippen molar-refractivity contribution in [2.75, 3.05) is 19.8 Å². The van der Waals surface area contributed by atoms with E-state index < -0.39 is 0 Å². The van der Waals surface area contributed by atoms with Gasteiger partial charge in [0.1, 0.15) is 6.61 Å². The summed E-state index contributed by atoms with van der Waals surface area (Å²) in [6, 6.07) is 7.64. The van der Waals surface area contributed by atoms with E-state index in [2.05, 4.69) is 0 Å². The summed E-state index contributed by atoms with van der Waals surface area (Å²) in [5.41, 5.74) is 1.85. The second kappa shape index (κ2) is 10.4. The Morgan fingerprint density at radius 3 is 2.50 bits per heavy atom. The monoisotopic (exact) mass is 369 g/mol. The first-order valence-corrected chi connectivity index (χ1v) is 9.43. The molecule has 1 amide bonds. The van der Waals surface area contributed by atoms with Crippen molar-refractivity contribution in [3.8, 4) is 0 Å². The smallest absolute Gasteiger partial charge is 0.302 e. The summed E-state index contributed by atoms with van der Waals surface area (Å²) in [6.45, 7) is 3.12. The molecule has 132 valence electrons. The summed E-state index contributed by atoms with van der Waals surface area (Å²) in [6.07, 6.45) is 0.430. The number of rotatable bonds is 8. The van der Waals surface area contributed by atoms with E-state index in [0.717, 1.165) is 11.1 Å². The van der Waals surface area contributed by atoms with Gasteiger partial charge in [0, 0.05) is 40.1 Å². The lowest BCUT2D eigenvalue weighted by molar-refractivity contribution is -0.142. The van der Waals surface area contributed by atoms with E-state index in [9.17, 15) is 14.4 Å². The molecule has 1 unspecified atom stereocenters. The number of thioether (sulfide) groups is 2. The molecule has 0 aromatic heterocycles. The number of hydrogen-bond acceptors (Lipinski definition) is 6. The fourth-order valence-corrected chi connectivity index (χ4v) is 4.24. The Labute approximate surface area is 151 Å². The highest BCUT2D eigenvalue weighted by Gasteiger charge is 2.17. The average molecular weight is 370 g/mol. The highest BCUT2D eigenvalue weighted by Crippen LogP contribution is 2.40. The van der Waals surface area contributed by atoms with Crippen LogP contribution in [0.4, 0.5) is 0 Å². The number of benzene rings is 1. The Balaban J connectivity index is 2.76. The van der Waals surface area contributed by atoms with Crippen LogP contribution in [-0.2, 0) is 25.7 Å². The van der Waals surface area contributed by atoms with E-state index in [1.807, 2.05) is 24.3 Å². The first-order valence-electron chi connectivity index (χ1n) is 7.50. The van der Waals surface area contributed by atoms with Gasteiger partial charge in [-0.15, -0.1) is 11.8 Å². The average Bonchev–Trinajstić information content (AvgIpc) is 2.51. The molecule has 0 aliphatic carbocycles. The SMILES string of the molecule is CC(=O)OCc1cccc(C(SCCC(=O)N(C)C)SC(C)=O)c1. The maximum Gasteiger partial charge on any atom is 0.302 e. The lowest BCUT2D eigenvalue weighted by atomic mass is 10.1. The number of esters is 1. The third-order valence-corrected chi connectivity index (χ3v) is 5.55. The molecule has 0 heterocycles. The molecule has 5 nitrogen and oxygen atoms in total. The molecule has 0 saturated carbocycles. The van der Waals surface area contributed by atoms with Crippen molar-refractivity contribution in [1.29, 1.82) is 0 Å². The zero-order chi connectivity index (χ0) is 18.1. The molecule has 0 fully saturated rings. The molecule has 24 heavy (non-hydrogen) atoms. The zero-order valence-corrected chi connectivity index (χ0v) is 16.0. The largest absolute Gasteiger partial charge is 0.461 e. The Morgan fingerprint density at radius 1 is 1.21 bits per heavy atom. The molecule has 7 heteroatoms. The zero-order valence-electron chi connectivity index (χ0n) is 14.4. The van der Waals surface area contributed by atoms with Crippen molar-refractivity contribution in [2.24, 2.45) is 0 Å². The molecule has 0 spiro atoms. The molecular formula is C17H23NO4S2. The quantitative estimate of drug-likeness (QED) is 0.518. The second-order valence-corrected chi connectivity index (χ2v) is 8.17. The third-order valence-electron chi connectivity index (χ3n) is 3.02.